The smallest absolute Gasteiger partial charge is 0.128 e. The topological polar surface area (TPSA) is 62.0 Å². The molecule has 1 aromatic rings. The highest BCUT2D eigenvalue weighted by atomic mass is 16.5. The van der Waals surface area contributed by atoms with Crippen molar-refractivity contribution in [2.45, 2.75) is 6.92 Å². The zero-order valence-electron chi connectivity index (χ0n) is 7.48. The first-order valence-corrected chi connectivity index (χ1v) is 3.75. The van der Waals surface area contributed by atoms with Crippen LogP contribution in [0.3, 0.4) is 0 Å². The average molecular weight is 181 g/mol. The van der Waals surface area contributed by atoms with Crippen LogP contribution in [0.5, 0.6) is 11.5 Å². The lowest BCUT2D eigenvalue weighted by atomic mass is 10.1. The lowest BCUT2D eigenvalue weighted by molar-refractivity contribution is 0.318. The molecule has 0 unspecified atom stereocenters. The van der Waals surface area contributed by atoms with E-state index in [1.165, 1.54) is 13.2 Å². The molecular weight excluding hydrogens is 170 g/mol. The number of hydrogen-bond donors (Lipinski definition) is 2. The van der Waals surface area contributed by atoms with Crippen LogP contribution >= 0.6 is 0 Å². The Morgan fingerprint density at radius 2 is 2.15 bits per heavy atom. The van der Waals surface area contributed by atoms with Crippen LogP contribution in [0.4, 0.5) is 0 Å². The molecule has 4 nitrogen and oxygen atoms in total. The van der Waals surface area contributed by atoms with Gasteiger partial charge in [0.2, 0.25) is 0 Å². The summed E-state index contributed by atoms with van der Waals surface area (Å²) in [6.07, 6.45) is 0. The Balaban J connectivity index is 3.12. The lowest BCUT2D eigenvalue weighted by Gasteiger charge is -2.04. The van der Waals surface area contributed by atoms with E-state index in [4.69, 9.17) is 9.94 Å². The largest absolute Gasteiger partial charge is 0.507 e. The highest BCUT2D eigenvalue weighted by Crippen LogP contribution is 2.23. The summed E-state index contributed by atoms with van der Waals surface area (Å²) < 4.78 is 4.90. The number of methoxy groups -OCH3 is 1. The van der Waals surface area contributed by atoms with Crippen LogP contribution in [0.25, 0.3) is 0 Å². The summed E-state index contributed by atoms with van der Waals surface area (Å²) >= 11 is 0. The molecule has 13 heavy (non-hydrogen) atoms. The van der Waals surface area contributed by atoms with E-state index < -0.39 is 0 Å². The second-order valence-electron chi connectivity index (χ2n) is 2.57. The molecule has 0 heterocycles. The number of aromatic hydroxyl groups is 1. The lowest BCUT2D eigenvalue weighted by Crippen LogP contribution is -1.95. The number of hydrogen-bond acceptors (Lipinski definition) is 4. The molecule has 0 fully saturated rings. The van der Waals surface area contributed by atoms with Crippen LogP contribution in [0.2, 0.25) is 0 Å². The highest BCUT2D eigenvalue weighted by Gasteiger charge is 2.05. The summed E-state index contributed by atoms with van der Waals surface area (Å²) in [6.45, 7) is 1.60. The van der Waals surface area contributed by atoms with Crippen LogP contribution in [-0.2, 0) is 0 Å². The summed E-state index contributed by atoms with van der Waals surface area (Å²) in [6, 6.07) is 4.77. The molecule has 0 bridgehead atoms. The molecule has 70 valence electrons. The highest BCUT2D eigenvalue weighted by molar-refractivity contribution is 6.00. The molecular formula is C9H11NO3. The van der Waals surface area contributed by atoms with Crippen molar-refractivity contribution in [2.75, 3.05) is 7.11 Å². The maximum Gasteiger partial charge on any atom is 0.128 e. The first kappa shape index (κ1) is 9.38. The Bertz CT molecular complexity index is 334. The van der Waals surface area contributed by atoms with Gasteiger partial charge in [-0.15, -0.1) is 0 Å². The molecule has 0 saturated heterocycles. The Hall–Kier alpha value is -1.71. The Labute approximate surface area is 76.1 Å². The number of phenols is 1. The van der Waals surface area contributed by atoms with Crippen LogP contribution in [0.15, 0.2) is 23.4 Å². The molecule has 0 aliphatic carbocycles. The van der Waals surface area contributed by atoms with E-state index in [9.17, 15) is 5.11 Å². The molecule has 1 rings (SSSR count). The summed E-state index contributed by atoms with van der Waals surface area (Å²) in [5.41, 5.74) is 0.850. The van der Waals surface area contributed by atoms with E-state index in [0.29, 0.717) is 17.0 Å². The summed E-state index contributed by atoms with van der Waals surface area (Å²) in [4.78, 5) is 0. The third kappa shape index (κ3) is 1.90. The van der Waals surface area contributed by atoms with Crippen molar-refractivity contribution >= 4 is 5.71 Å². The molecule has 4 heteroatoms. The van der Waals surface area contributed by atoms with E-state index in [2.05, 4.69) is 5.16 Å². The second-order valence-corrected chi connectivity index (χ2v) is 2.57. The number of rotatable bonds is 2. The van der Waals surface area contributed by atoms with Gasteiger partial charge in [0, 0.05) is 11.6 Å². The quantitative estimate of drug-likeness (QED) is 0.414. The predicted octanol–water partition coefficient (Wildman–Crippen LogP) is 1.60. The van der Waals surface area contributed by atoms with Crippen LogP contribution < -0.4 is 4.74 Å². The average Bonchev–Trinajstić information content (AvgIpc) is 2.16. The molecule has 0 atom stereocenters. The monoisotopic (exact) mass is 181 g/mol. The number of benzene rings is 1. The Morgan fingerprint density at radius 1 is 1.46 bits per heavy atom. The van der Waals surface area contributed by atoms with E-state index in [1.807, 2.05) is 0 Å². The number of oxime groups is 1. The molecule has 0 amide bonds. The third-order valence-electron chi connectivity index (χ3n) is 1.74. The van der Waals surface area contributed by atoms with Gasteiger partial charge in [0.15, 0.2) is 0 Å². The molecule has 0 aliphatic rings. The number of nitrogens with zero attached hydrogens (tertiary/aromatic N) is 1. The Kier molecular flexibility index (Phi) is 2.74. The van der Waals surface area contributed by atoms with Gasteiger partial charge in [0.05, 0.1) is 12.8 Å². The minimum atomic E-state index is 0.0367. The van der Waals surface area contributed by atoms with Crippen molar-refractivity contribution in [3.63, 3.8) is 0 Å². The van der Waals surface area contributed by atoms with Crippen molar-refractivity contribution in [2.24, 2.45) is 5.16 Å². The van der Waals surface area contributed by atoms with Gasteiger partial charge < -0.3 is 15.1 Å². The van der Waals surface area contributed by atoms with Gasteiger partial charge in [0.1, 0.15) is 11.5 Å². The minimum Gasteiger partial charge on any atom is -0.507 e. The fraction of sp³-hybridized carbons (Fsp3) is 0.222. The SMILES string of the molecule is COc1ccc(C(C)=NO)c(O)c1. The van der Waals surface area contributed by atoms with Crippen molar-refractivity contribution in [1.29, 1.82) is 0 Å². The van der Waals surface area contributed by atoms with Gasteiger partial charge in [-0.25, -0.2) is 0 Å². The van der Waals surface area contributed by atoms with E-state index in [0.717, 1.165) is 0 Å². The summed E-state index contributed by atoms with van der Waals surface area (Å²) in [5, 5.41) is 20.9. The van der Waals surface area contributed by atoms with E-state index >= 15 is 0 Å². The van der Waals surface area contributed by atoms with Gasteiger partial charge in [-0.2, -0.15) is 0 Å². The molecule has 0 radical (unpaired) electrons. The van der Waals surface area contributed by atoms with Crippen LogP contribution in [-0.4, -0.2) is 23.1 Å². The standard InChI is InChI=1S/C9H11NO3/c1-6(10-12)8-4-3-7(13-2)5-9(8)11/h3-5,11-12H,1-2H3. The molecule has 0 spiro atoms. The van der Waals surface area contributed by atoms with E-state index in [1.54, 1.807) is 19.1 Å². The first-order valence-electron chi connectivity index (χ1n) is 3.75. The summed E-state index contributed by atoms with van der Waals surface area (Å²) in [7, 11) is 1.52. The van der Waals surface area contributed by atoms with Crippen molar-refractivity contribution in [1.82, 2.24) is 0 Å². The van der Waals surface area contributed by atoms with Gasteiger partial charge in [-0.3, -0.25) is 0 Å². The molecule has 2 N–H and O–H groups in total. The van der Waals surface area contributed by atoms with Crippen molar-refractivity contribution < 1.29 is 15.1 Å². The fourth-order valence-corrected chi connectivity index (χ4v) is 0.998. The first-order chi connectivity index (χ1) is 6.19. The van der Waals surface area contributed by atoms with Gasteiger partial charge in [-0.05, 0) is 19.1 Å². The fourth-order valence-electron chi connectivity index (χ4n) is 0.998. The number of phenolic OH excluding ortho intramolecular Hbond substituents is 1. The van der Waals surface area contributed by atoms with Gasteiger partial charge >= 0.3 is 0 Å². The molecule has 0 aliphatic heterocycles. The maximum absolute atomic E-state index is 9.45. The zero-order valence-corrected chi connectivity index (χ0v) is 7.48. The van der Waals surface area contributed by atoms with Crippen molar-refractivity contribution in [3.05, 3.63) is 23.8 Å². The molecule has 0 aromatic heterocycles. The third-order valence-corrected chi connectivity index (χ3v) is 1.74. The molecule has 0 saturated carbocycles. The number of ether oxygens (including phenoxy) is 1. The summed E-state index contributed by atoms with van der Waals surface area (Å²) in [5.74, 6) is 0.599. The Morgan fingerprint density at radius 3 is 2.62 bits per heavy atom. The van der Waals surface area contributed by atoms with Gasteiger partial charge in [0.25, 0.3) is 0 Å². The van der Waals surface area contributed by atoms with Crippen molar-refractivity contribution in [3.8, 4) is 11.5 Å². The van der Waals surface area contributed by atoms with Crippen LogP contribution in [0, 0.1) is 0 Å². The molecule has 1 aromatic carbocycles. The zero-order chi connectivity index (χ0) is 9.84. The minimum absolute atomic E-state index is 0.0367. The maximum atomic E-state index is 9.45. The van der Waals surface area contributed by atoms with E-state index in [-0.39, 0.29) is 5.75 Å². The predicted molar refractivity (Wildman–Crippen MR) is 48.7 cm³/mol. The van der Waals surface area contributed by atoms with Crippen LogP contribution in [0.1, 0.15) is 12.5 Å². The normalized spacial score (nSPS) is 11.4. The second kappa shape index (κ2) is 3.80. The van der Waals surface area contributed by atoms with Gasteiger partial charge in [-0.1, -0.05) is 5.16 Å².